The zero-order valence-corrected chi connectivity index (χ0v) is 17.2. The van der Waals surface area contributed by atoms with Crippen LogP contribution in [0.5, 0.6) is 0 Å². The highest BCUT2D eigenvalue weighted by Crippen LogP contribution is 2.62. The van der Waals surface area contributed by atoms with Crippen LogP contribution in [0.1, 0.15) is 58.3 Å². The number of hydrogen-bond donors (Lipinski definition) is 0. The highest BCUT2D eigenvalue weighted by molar-refractivity contribution is 6.18. The van der Waals surface area contributed by atoms with E-state index >= 15 is 0 Å². The lowest BCUT2D eigenvalue weighted by atomic mass is 9.52. The number of fused-ring (bicyclic) bond motifs is 5. The van der Waals surface area contributed by atoms with Gasteiger partial charge in [0.15, 0.2) is 5.78 Å². The van der Waals surface area contributed by atoms with Crippen LogP contribution < -0.4 is 0 Å². The summed E-state index contributed by atoms with van der Waals surface area (Å²) in [6.45, 7) is 2.33. The Balaban J connectivity index is 1.48. The average molecular weight is 409 g/mol. The van der Waals surface area contributed by atoms with Crippen molar-refractivity contribution < 1.29 is 14.3 Å². The number of carbonyl (C=O) groups is 2. The SMILES string of the molecule is C[C@]12CC[C@H]3[C@@H](CCC4=CC(=O)CC[C@@H]43)[C@@H]1CC[C@@H]2OC(=O)N(CCCl)N=O. The molecule has 0 aromatic rings. The molecule has 0 unspecified atom stereocenters. The second kappa shape index (κ2) is 7.77. The van der Waals surface area contributed by atoms with Crippen LogP contribution in [0.3, 0.4) is 0 Å². The van der Waals surface area contributed by atoms with Crippen molar-refractivity contribution in [3.63, 3.8) is 0 Å². The summed E-state index contributed by atoms with van der Waals surface area (Å²) in [6.07, 6.45) is 9.00. The first-order chi connectivity index (χ1) is 13.5. The van der Waals surface area contributed by atoms with Crippen LogP contribution in [0.15, 0.2) is 16.9 Å². The number of ether oxygens (including phenoxy) is 1. The molecular formula is C21H29ClN2O4. The van der Waals surface area contributed by atoms with Crippen LogP contribution >= 0.6 is 11.6 Å². The van der Waals surface area contributed by atoms with Gasteiger partial charge in [0.25, 0.3) is 0 Å². The van der Waals surface area contributed by atoms with Crippen molar-refractivity contribution in [1.82, 2.24) is 5.01 Å². The zero-order valence-electron chi connectivity index (χ0n) is 16.4. The molecule has 3 saturated carbocycles. The first-order valence-electron chi connectivity index (χ1n) is 10.6. The summed E-state index contributed by atoms with van der Waals surface area (Å²) in [7, 11) is 0. The summed E-state index contributed by atoms with van der Waals surface area (Å²) in [4.78, 5) is 35.1. The van der Waals surface area contributed by atoms with E-state index in [1.54, 1.807) is 0 Å². The molecular weight excluding hydrogens is 380 g/mol. The molecule has 3 fully saturated rings. The fourth-order valence-electron chi connectivity index (χ4n) is 6.75. The third-order valence-corrected chi connectivity index (χ3v) is 8.23. The smallest absolute Gasteiger partial charge is 0.433 e. The van der Waals surface area contributed by atoms with Crippen LogP contribution in [-0.4, -0.2) is 35.4 Å². The predicted octanol–water partition coefficient (Wildman–Crippen LogP) is 4.86. The molecule has 0 heterocycles. The number of carbonyl (C=O) groups excluding carboxylic acids is 2. The van der Waals surface area contributed by atoms with Crippen molar-refractivity contribution in [3.05, 3.63) is 16.6 Å². The molecule has 0 N–H and O–H groups in total. The molecule has 0 aromatic carbocycles. The molecule has 0 spiro atoms. The molecule has 0 bridgehead atoms. The number of halogens is 1. The van der Waals surface area contributed by atoms with Crippen molar-refractivity contribution in [2.75, 3.05) is 12.4 Å². The van der Waals surface area contributed by atoms with E-state index in [1.165, 1.54) is 5.57 Å². The van der Waals surface area contributed by atoms with Crippen molar-refractivity contribution in [2.24, 2.45) is 34.4 Å². The summed E-state index contributed by atoms with van der Waals surface area (Å²) in [5.41, 5.74) is 1.34. The first-order valence-corrected chi connectivity index (χ1v) is 11.1. The van der Waals surface area contributed by atoms with Gasteiger partial charge in [-0.05, 0) is 74.7 Å². The average Bonchev–Trinajstić information content (AvgIpc) is 3.01. The monoisotopic (exact) mass is 408 g/mol. The van der Waals surface area contributed by atoms with Crippen LogP contribution in [-0.2, 0) is 9.53 Å². The molecule has 0 radical (unpaired) electrons. The summed E-state index contributed by atoms with van der Waals surface area (Å²) >= 11 is 5.64. The van der Waals surface area contributed by atoms with Gasteiger partial charge in [-0.15, -0.1) is 16.5 Å². The molecule has 6 nitrogen and oxygen atoms in total. The number of ketones is 1. The van der Waals surface area contributed by atoms with E-state index in [4.69, 9.17) is 16.3 Å². The molecule has 0 aromatic heterocycles. The standard InChI is InChI=1S/C21H29ClN2O4/c1-21-9-8-16-15-5-3-14(25)12-13(15)2-4-17(16)18(21)6-7-19(21)28-20(26)24(23-27)11-10-22/h12,15-19H,2-11H2,1H3/t15-,16+,17+,18-,19-,21-/m0/s1. The minimum atomic E-state index is -0.677. The van der Waals surface area contributed by atoms with Gasteiger partial charge < -0.3 is 4.74 Å². The minimum absolute atomic E-state index is 0.0436. The molecule has 0 aliphatic heterocycles. The number of hydrogen-bond acceptors (Lipinski definition) is 5. The van der Waals surface area contributed by atoms with Crippen LogP contribution in [0.4, 0.5) is 4.79 Å². The molecule has 1 amide bonds. The Hall–Kier alpha value is -1.43. The lowest BCUT2D eigenvalue weighted by molar-refractivity contribution is -0.116. The van der Waals surface area contributed by atoms with Gasteiger partial charge in [0.1, 0.15) is 6.10 Å². The van der Waals surface area contributed by atoms with Gasteiger partial charge in [-0.1, -0.05) is 12.5 Å². The Morgan fingerprint density at radius 2 is 2.07 bits per heavy atom. The van der Waals surface area contributed by atoms with Gasteiger partial charge in [-0.25, -0.2) is 4.79 Å². The predicted molar refractivity (Wildman–Crippen MR) is 106 cm³/mol. The van der Waals surface area contributed by atoms with Gasteiger partial charge in [0.05, 0.1) is 11.8 Å². The van der Waals surface area contributed by atoms with E-state index in [9.17, 15) is 14.5 Å². The lowest BCUT2D eigenvalue weighted by Gasteiger charge is -2.53. The molecule has 4 aliphatic rings. The third-order valence-electron chi connectivity index (χ3n) is 8.06. The highest BCUT2D eigenvalue weighted by atomic mass is 35.5. The van der Waals surface area contributed by atoms with E-state index in [-0.39, 0.29) is 23.9 Å². The quantitative estimate of drug-likeness (QED) is 0.378. The number of amides is 1. The second-order valence-electron chi connectivity index (χ2n) is 9.19. The van der Waals surface area contributed by atoms with Gasteiger partial charge in [-0.3, -0.25) is 4.79 Å². The van der Waals surface area contributed by atoms with E-state index < -0.39 is 6.09 Å². The summed E-state index contributed by atoms with van der Waals surface area (Å²) in [5, 5.41) is 3.54. The minimum Gasteiger partial charge on any atom is -0.444 e. The van der Waals surface area contributed by atoms with Crippen molar-refractivity contribution in [2.45, 2.75) is 64.4 Å². The molecule has 154 valence electrons. The number of rotatable bonds is 4. The summed E-state index contributed by atoms with van der Waals surface area (Å²) < 4.78 is 5.77. The Kier molecular flexibility index (Phi) is 5.51. The Bertz CT molecular complexity index is 696. The maximum Gasteiger partial charge on any atom is 0.433 e. The Labute approximate surface area is 170 Å². The second-order valence-corrected chi connectivity index (χ2v) is 9.57. The van der Waals surface area contributed by atoms with Crippen molar-refractivity contribution in [3.8, 4) is 0 Å². The van der Waals surface area contributed by atoms with E-state index in [0.717, 1.165) is 50.0 Å². The fraction of sp³-hybridized carbons (Fsp3) is 0.810. The third kappa shape index (κ3) is 3.27. The van der Waals surface area contributed by atoms with E-state index in [0.29, 0.717) is 35.9 Å². The number of alkyl halides is 1. The van der Waals surface area contributed by atoms with Gasteiger partial charge in [0, 0.05) is 17.7 Å². The maximum atomic E-state index is 12.4. The molecule has 28 heavy (non-hydrogen) atoms. The van der Waals surface area contributed by atoms with Crippen molar-refractivity contribution in [1.29, 1.82) is 0 Å². The molecule has 4 aliphatic carbocycles. The highest BCUT2D eigenvalue weighted by Gasteiger charge is 2.57. The first kappa shape index (κ1) is 19.9. The molecule has 6 atom stereocenters. The number of nitrogens with zero attached hydrogens (tertiary/aromatic N) is 2. The largest absolute Gasteiger partial charge is 0.444 e. The van der Waals surface area contributed by atoms with Crippen LogP contribution in [0.2, 0.25) is 0 Å². The van der Waals surface area contributed by atoms with Crippen molar-refractivity contribution >= 4 is 23.5 Å². The normalized spacial score (nSPS) is 39.3. The lowest BCUT2D eigenvalue weighted by Crippen LogP contribution is -2.49. The van der Waals surface area contributed by atoms with Gasteiger partial charge in [-0.2, -0.15) is 5.01 Å². The summed E-state index contributed by atoms with van der Waals surface area (Å²) in [5.74, 6) is 2.85. The molecule has 7 heteroatoms. The topological polar surface area (TPSA) is 76.0 Å². The van der Waals surface area contributed by atoms with Crippen LogP contribution in [0.25, 0.3) is 0 Å². The molecule has 0 saturated heterocycles. The maximum absolute atomic E-state index is 12.4. The zero-order chi connectivity index (χ0) is 19.9. The number of allylic oxidation sites excluding steroid dienone is 1. The number of nitroso groups, excluding NO2 is 1. The van der Waals surface area contributed by atoms with Gasteiger partial charge in [0.2, 0.25) is 0 Å². The molecule has 4 rings (SSSR count). The fourth-order valence-corrected chi connectivity index (χ4v) is 6.91. The van der Waals surface area contributed by atoms with Gasteiger partial charge >= 0.3 is 6.09 Å². The van der Waals surface area contributed by atoms with Crippen LogP contribution in [0, 0.1) is 34.0 Å². The van der Waals surface area contributed by atoms with E-state index in [1.807, 2.05) is 6.08 Å². The summed E-state index contributed by atoms with van der Waals surface area (Å²) in [6, 6.07) is 0. The Morgan fingerprint density at radius 1 is 1.25 bits per heavy atom. The Morgan fingerprint density at radius 3 is 2.82 bits per heavy atom. The van der Waals surface area contributed by atoms with E-state index in [2.05, 4.69) is 12.2 Å².